The summed E-state index contributed by atoms with van der Waals surface area (Å²) in [6.07, 6.45) is 4.00. The van der Waals surface area contributed by atoms with Gasteiger partial charge in [-0.15, -0.1) is 0 Å². The van der Waals surface area contributed by atoms with Gasteiger partial charge in [-0.1, -0.05) is 29.5 Å². The fourth-order valence-electron chi connectivity index (χ4n) is 5.27. The van der Waals surface area contributed by atoms with Crippen LogP contribution in [0, 0.1) is 43.3 Å². The van der Waals surface area contributed by atoms with Gasteiger partial charge in [0.15, 0.2) is 5.82 Å². The van der Waals surface area contributed by atoms with Crippen molar-refractivity contribution in [3.8, 4) is 23.1 Å². The number of hydrogen-bond acceptors (Lipinski definition) is 6. The van der Waals surface area contributed by atoms with Crippen molar-refractivity contribution in [2.45, 2.75) is 33.2 Å². The summed E-state index contributed by atoms with van der Waals surface area (Å²) < 4.78 is 43.5. The van der Waals surface area contributed by atoms with E-state index in [2.05, 4.69) is 37.2 Å². The molecule has 0 saturated carbocycles. The van der Waals surface area contributed by atoms with Crippen molar-refractivity contribution in [3.05, 3.63) is 81.9 Å². The summed E-state index contributed by atoms with van der Waals surface area (Å²) >= 11 is 5.82. The summed E-state index contributed by atoms with van der Waals surface area (Å²) in [6, 6.07) is 1.76. The van der Waals surface area contributed by atoms with Gasteiger partial charge in [0, 0.05) is 30.1 Å². The molecule has 1 aromatic carbocycles. The molecule has 1 saturated heterocycles. The molecule has 2 amide bonds. The van der Waals surface area contributed by atoms with E-state index in [0.29, 0.717) is 18.1 Å². The van der Waals surface area contributed by atoms with E-state index < -0.39 is 29.3 Å². The molecule has 2 aliphatic rings. The highest BCUT2D eigenvalue weighted by Crippen LogP contribution is 2.37. The van der Waals surface area contributed by atoms with E-state index in [0.717, 1.165) is 41.2 Å². The first-order valence-electron chi connectivity index (χ1n) is 13.3. The number of halogens is 4. The predicted molar refractivity (Wildman–Crippen MR) is 152 cm³/mol. The summed E-state index contributed by atoms with van der Waals surface area (Å²) in [7, 11) is 0. The van der Waals surface area contributed by atoms with Crippen LogP contribution in [0.15, 0.2) is 43.1 Å². The topological polar surface area (TPSA) is 106 Å². The first-order chi connectivity index (χ1) is 20.5. The van der Waals surface area contributed by atoms with Crippen LogP contribution in [0.5, 0.6) is 0 Å². The number of amides is 2. The second-order valence-corrected chi connectivity index (χ2v) is 10.8. The molecule has 43 heavy (non-hydrogen) atoms. The molecule has 218 valence electrons. The van der Waals surface area contributed by atoms with Gasteiger partial charge in [-0.2, -0.15) is 5.10 Å². The summed E-state index contributed by atoms with van der Waals surface area (Å²) in [5.74, 6) is 4.60. The van der Waals surface area contributed by atoms with Crippen LogP contribution in [0.3, 0.4) is 0 Å². The summed E-state index contributed by atoms with van der Waals surface area (Å²) in [5, 5.41) is 6.67. The summed E-state index contributed by atoms with van der Waals surface area (Å²) in [5.41, 5.74) is 1.42. The number of fused-ring (bicyclic) bond motifs is 1. The molecular formula is C30H23ClF3N7O2. The highest BCUT2D eigenvalue weighted by atomic mass is 35.5. The number of pyridine rings is 1. The average Bonchev–Trinajstić information content (AvgIpc) is 3.52. The Labute approximate surface area is 249 Å². The number of anilines is 2. The van der Waals surface area contributed by atoms with Gasteiger partial charge in [-0.05, 0) is 43.5 Å². The smallest absolute Gasteiger partial charge is 0.275 e. The Morgan fingerprint density at radius 2 is 1.91 bits per heavy atom. The highest BCUT2D eigenvalue weighted by Gasteiger charge is 2.44. The molecule has 4 aromatic rings. The van der Waals surface area contributed by atoms with E-state index >= 15 is 0 Å². The zero-order valence-electron chi connectivity index (χ0n) is 23.1. The lowest BCUT2D eigenvalue weighted by molar-refractivity contribution is -0.119. The Balaban J connectivity index is 1.20. The minimum Gasteiger partial charge on any atom is -0.318 e. The molecule has 0 spiro atoms. The van der Waals surface area contributed by atoms with Gasteiger partial charge in [0.1, 0.15) is 17.4 Å². The number of benzene rings is 1. The first-order valence-corrected chi connectivity index (χ1v) is 13.7. The molecule has 3 atom stereocenters. The Morgan fingerprint density at radius 3 is 2.58 bits per heavy atom. The number of rotatable bonds is 7. The molecule has 0 bridgehead atoms. The number of hydrogen-bond donors (Lipinski definition) is 1. The maximum atomic E-state index is 14.7. The maximum Gasteiger partial charge on any atom is 0.275 e. The lowest BCUT2D eigenvalue weighted by atomic mass is 9.89. The molecule has 3 aromatic heterocycles. The number of nitrogens with zero attached hydrogens (tertiary/aromatic N) is 6. The van der Waals surface area contributed by atoms with Crippen molar-refractivity contribution < 1.29 is 22.8 Å². The van der Waals surface area contributed by atoms with Gasteiger partial charge in [0.25, 0.3) is 12.3 Å². The van der Waals surface area contributed by atoms with Crippen LogP contribution in [0.1, 0.15) is 52.1 Å². The van der Waals surface area contributed by atoms with Gasteiger partial charge in [-0.25, -0.2) is 23.1 Å². The molecule has 4 heterocycles. The third-order valence-corrected chi connectivity index (χ3v) is 8.13. The minimum absolute atomic E-state index is 0.0191. The molecule has 0 radical (unpaired) electrons. The van der Waals surface area contributed by atoms with Crippen molar-refractivity contribution in [1.82, 2.24) is 24.7 Å². The predicted octanol–water partition coefficient (Wildman–Crippen LogP) is 5.54. The molecule has 13 heteroatoms. The van der Waals surface area contributed by atoms with Crippen molar-refractivity contribution in [1.29, 1.82) is 0 Å². The average molecular weight is 606 g/mol. The normalized spacial score (nSPS) is 17.8. The number of carbonyl (C=O) groups is 2. The van der Waals surface area contributed by atoms with E-state index in [1.54, 1.807) is 22.0 Å². The van der Waals surface area contributed by atoms with Gasteiger partial charge >= 0.3 is 0 Å². The van der Waals surface area contributed by atoms with Crippen LogP contribution >= 0.6 is 11.6 Å². The molecular weight excluding hydrogens is 583 g/mol. The molecule has 1 N–H and O–H groups in total. The third-order valence-electron chi connectivity index (χ3n) is 7.84. The van der Waals surface area contributed by atoms with Crippen molar-refractivity contribution in [3.63, 3.8) is 0 Å². The quantitative estimate of drug-likeness (QED) is 0.277. The van der Waals surface area contributed by atoms with E-state index in [1.807, 2.05) is 20.8 Å². The van der Waals surface area contributed by atoms with E-state index in [4.69, 9.17) is 11.6 Å². The van der Waals surface area contributed by atoms with Crippen molar-refractivity contribution in [2.75, 3.05) is 16.8 Å². The third kappa shape index (κ3) is 4.89. The minimum atomic E-state index is -3.00. The van der Waals surface area contributed by atoms with E-state index in [-0.39, 0.29) is 40.2 Å². The summed E-state index contributed by atoms with van der Waals surface area (Å²) in [4.78, 5) is 40.0. The lowest BCUT2D eigenvalue weighted by Crippen LogP contribution is -2.28. The zero-order valence-corrected chi connectivity index (χ0v) is 23.8. The van der Waals surface area contributed by atoms with Crippen LogP contribution in [-0.2, 0) is 4.79 Å². The van der Waals surface area contributed by atoms with E-state index in [1.165, 1.54) is 6.20 Å². The number of aromatic nitrogens is 5. The maximum absolute atomic E-state index is 14.7. The zero-order chi connectivity index (χ0) is 30.6. The molecule has 1 unspecified atom stereocenters. The fourth-order valence-corrected chi connectivity index (χ4v) is 5.43. The van der Waals surface area contributed by atoms with Crippen molar-refractivity contribution in [2.24, 2.45) is 11.8 Å². The molecule has 6 rings (SSSR count). The van der Waals surface area contributed by atoms with Gasteiger partial charge in [-0.3, -0.25) is 24.2 Å². The SMILES string of the molecule is Cc1c(C(C)n2cc(NC(=O)c3cncc(-c4c(C(F)F)ccc(Cl)c4F)n3)cn2)cnc(N2C[C@H]3C#C[C@H]3C2=O)c1C. The van der Waals surface area contributed by atoms with Crippen LogP contribution in [0.4, 0.5) is 24.7 Å². The van der Waals surface area contributed by atoms with Crippen LogP contribution in [0.25, 0.3) is 11.3 Å². The van der Waals surface area contributed by atoms with Gasteiger partial charge < -0.3 is 5.32 Å². The second-order valence-electron chi connectivity index (χ2n) is 10.4. The van der Waals surface area contributed by atoms with Gasteiger partial charge in [0.05, 0.1) is 47.0 Å². The Bertz CT molecular complexity index is 1870. The van der Waals surface area contributed by atoms with Crippen LogP contribution in [0.2, 0.25) is 5.02 Å². The molecule has 1 aliphatic carbocycles. The van der Waals surface area contributed by atoms with Crippen LogP contribution < -0.4 is 10.2 Å². The number of carbonyl (C=O) groups excluding carboxylic acids is 2. The molecule has 1 fully saturated rings. The lowest BCUT2D eigenvalue weighted by Gasteiger charge is -2.22. The summed E-state index contributed by atoms with van der Waals surface area (Å²) in [6.45, 7) is 6.34. The second kappa shape index (κ2) is 10.8. The highest BCUT2D eigenvalue weighted by molar-refractivity contribution is 6.31. The number of nitrogens with one attached hydrogen (secondary N) is 1. The largest absolute Gasteiger partial charge is 0.318 e. The molecule has 9 nitrogen and oxygen atoms in total. The van der Waals surface area contributed by atoms with Crippen LogP contribution in [-0.4, -0.2) is 43.1 Å². The monoisotopic (exact) mass is 605 g/mol. The molecule has 1 aliphatic heterocycles. The van der Waals surface area contributed by atoms with Gasteiger partial charge in [0.2, 0.25) is 5.91 Å². The fraction of sp³-hybridized carbons (Fsp3) is 0.267. The Kier molecular flexibility index (Phi) is 7.14. The Morgan fingerprint density at radius 1 is 1.12 bits per heavy atom. The standard InChI is InChI=1S/C30H23ClF3N7O2/c1-14-15(2)28(40-12-17-4-5-19(17)30(40)43)36-9-21(14)16(3)41-13-18(8-37-41)38-29(42)24-11-35-10-23(39-24)25-20(27(33)34)6-7-22(31)26(25)32/h6-11,13,16-17,19,27H,12H2,1-3H3,(H,38,42)/t16?,17-,19-/m1/s1. The Hall–Kier alpha value is -4.76. The number of alkyl halides is 2. The van der Waals surface area contributed by atoms with Crippen molar-refractivity contribution >= 4 is 34.9 Å². The van der Waals surface area contributed by atoms with E-state index in [9.17, 15) is 22.8 Å². The first kappa shape index (κ1) is 28.4.